The van der Waals surface area contributed by atoms with E-state index in [0.29, 0.717) is 8.27 Å². The van der Waals surface area contributed by atoms with Crippen molar-refractivity contribution >= 4 is 29.1 Å². The summed E-state index contributed by atoms with van der Waals surface area (Å²) in [6, 6.07) is 0. The third kappa shape index (κ3) is 1.98. The molecule has 1 saturated heterocycles. The summed E-state index contributed by atoms with van der Waals surface area (Å²) < 4.78 is 4.41. The van der Waals surface area contributed by atoms with Crippen LogP contribution in [0.4, 0.5) is 0 Å². The summed E-state index contributed by atoms with van der Waals surface area (Å²) in [6.45, 7) is 1.95. The second kappa shape index (κ2) is 3.60. The van der Waals surface area contributed by atoms with E-state index in [2.05, 4.69) is 13.7 Å². The molecule has 0 radical (unpaired) electrons. The average Bonchev–Trinajstić information content (AvgIpc) is 2.28. The van der Waals surface area contributed by atoms with Crippen molar-refractivity contribution in [3.8, 4) is 0 Å². The van der Waals surface area contributed by atoms with Crippen molar-refractivity contribution in [3.05, 3.63) is 0 Å². The predicted octanol–water partition coefficient (Wildman–Crippen LogP) is 0.933. The number of carbonyl (C=O) groups is 2. The molecule has 0 bridgehead atoms. The molecule has 0 spiro atoms. The molecule has 0 saturated carbocycles. The minimum atomic E-state index is -0.380. The molecule has 1 heterocycles. The van der Waals surface area contributed by atoms with Crippen LogP contribution in [0.1, 0.15) is 13.3 Å². The Hall–Kier alpha value is 0. The molecule has 11 heavy (non-hydrogen) atoms. The highest BCUT2D eigenvalue weighted by molar-refractivity contribution is 8.03. The van der Waals surface area contributed by atoms with Gasteiger partial charge in [-0.1, -0.05) is 15.2 Å². The van der Waals surface area contributed by atoms with E-state index in [1.165, 1.54) is 0 Å². The molecular formula is C6H10O3P2. The van der Waals surface area contributed by atoms with Gasteiger partial charge in [0.15, 0.2) is 0 Å². The first-order chi connectivity index (χ1) is 5.15. The summed E-state index contributed by atoms with van der Waals surface area (Å²) in [5.41, 5.74) is 0.249. The third-order valence-corrected chi connectivity index (χ3v) is 4.28. The molecule has 0 aromatic rings. The van der Waals surface area contributed by atoms with E-state index >= 15 is 0 Å². The average molecular weight is 192 g/mol. The van der Waals surface area contributed by atoms with Crippen molar-refractivity contribution in [1.82, 2.24) is 0 Å². The predicted molar refractivity (Wildman–Crippen MR) is 46.7 cm³/mol. The van der Waals surface area contributed by atoms with E-state index in [9.17, 15) is 9.59 Å². The zero-order chi connectivity index (χ0) is 8.43. The maximum Gasteiger partial charge on any atom is 0.317 e. The van der Waals surface area contributed by atoms with Gasteiger partial charge in [-0.25, -0.2) is 0 Å². The molecule has 0 aliphatic carbocycles. The standard InChI is InChI=1S/C6H10O3P2/c1-3(11-10)4-2-5(7)9-6(4)8/h3-4,11H,2,10H2,1H3. The van der Waals surface area contributed by atoms with Gasteiger partial charge in [-0.15, -0.1) is 8.93 Å². The molecule has 1 fully saturated rings. The van der Waals surface area contributed by atoms with Crippen LogP contribution >= 0.6 is 17.2 Å². The molecule has 62 valence electrons. The summed E-state index contributed by atoms with van der Waals surface area (Å²) in [5, 5.41) is 0. The zero-order valence-corrected chi connectivity index (χ0v) is 8.32. The Bertz CT molecular complexity index is 192. The lowest BCUT2D eigenvalue weighted by atomic mass is 10.1. The van der Waals surface area contributed by atoms with Gasteiger partial charge in [-0.3, -0.25) is 9.59 Å². The van der Waals surface area contributed by atoms with Gasteiger partial charge in [0.05, 0.1) is 12.3 Å². The zero-order valence-electron chi connectivity index (χ0n) is 6.16. The molecule has 0 N–H and O–H groups in total. The van der Waals surface area contributed by atoms with E-state index in [-0.39, 0.29) is 29.9 Å². The van der Waals surface area contributed by atoms with E-state index in [1.54, 1.807) is 0 Å². The van der Waals surface area contributed by atoms with Crippen molar-refractivity contribution in [1.29, 1.82) is 0 Å². The highest BCUT2D eigenvalue weighted by Crippen LogP contribution is 2.36. The fourth-order valence-electron chi connectivity index (χ4n) is 0.989. The molecule has 1 aliphatic rings. The van der Waals surface area contributed by atoms with Gasteiger partial charge in [-0.2, -0.15) is 0 Å². The van der Waals surface area contributed by atoms with Crippen LogP contribution in [0.25, 0.3) is 0 Å². The first-order valence-electron chi connectivity index (χ1n) is 3.36. The van der Waals surface area contributed by atoms with E-state index in [4.69, 9.17) is 0 Å². The second-order valence-electron chi connectivity index (χ2n) is 2.56. The highest BCUT2D eigenvalue weighted by atomic mass is 32.0. The van der Waals surface area contributed by atoms with E-state index in [1.807, 2.05) is 6.92 Å². The van der Waals surface area contributed by atoms with Crippen molar-refractivity contribution < 1.29 is 14.3 Å². The molecule has 4 unspecified atom stereocenters. The number of ether oxygens (including phenoxy) is 1. The second-order valence-corrected chi connectivity index (χ2v) is 4.80. The Labute approximate surface area is 69.1 Å². The van der Waals surface area contributed by atoms with Crippen LogP contribution in [-0.4, -0.2) is 17.6 Å². The fourth-order valence-corrected chi connectivity index (χ4v) is 2.17. The number of hydrogen-bond donors (Lipinski definition) is 0. The van der Waals surface area contributed by atoms with E-state index in [0.717, 1.165) is 0 Å². The quantitative estimate of drug-likeness (QED) is 0.371. The van der Waals surface area contributed by atoms with Crippen LogP contribution in [-0.2, 0) is 14.3 Å². The Balaban J connectivity index is 2.59. The Morgan fingerprint density at radius 2 is 2.36 bits per heavy atom. The maximum absolute atomic E-state index is 10.9. The lowest BCUT2D eigenvalue weighted by molar-refractivity contribution is -0.153. The Morgan fingerprint density at radius 1 is 1.73 bits per heavy atom. The summed E-state index contributed by atoms with van der Waals surface area (Å²) in [7, 11) is 3.19. The normalized spacial score (nSPS) is 28.0. The Morgan fingerprint density at radius 3 is 2.73 bits per heavy atom. The van der Waals surface area contributed by atoms with Crippen LogP contribution in [0, 0.1) is 5.92 Å². The van der Waals surface area contributed by atoms with Gasteiger partial charge in [-0.05, 0) is 5.66 Å². The number of rotatable bonds is 2. The summed E-state index contributed by atoms with van der Waals surface area (Å²) in [4.78, 5) is 21.6. The minimum Gasteiger partial charge on any atom is -0.393 e. The molecule has 1 aliphatic heterocycles. The highest BCUT2D eigenvalue weighted by Gasteiger charge is 2.36. The van der Waals surface area contributed by atoms with Crippen molar-refractivity contribution in [2.24, 2.45) is 5.92 Å². The molecule has 5 heteroatoms. The van der Waals surface area contributed by atoms with Gasteiger partial charge in [0, 0.05) is 0 Å². The van der Waals surface area contributed by atoms with Gasteiger partial charge in [0.2, 0.25) is 0 Å². The summed E-state index contributed by atoms with van der Waals surface area (Å²) in [5.74, 6) is -0.925. The van der Waals surface area contributed by atoms with Crippen molar-refractivity contribution in [2.45, 2.75) is 19.0 Å². The minimum absolute atomic E-state index is 0.196. The summed E-state index contributed by atoms with van der Waals surface area (Å²) >= 11 is 0. The van der Waals surface area contributed by atoms with Gasteiger partial charge < -0.3 is 4.74 Å². The molecular weight excluding hydrogens is 182 g/mol. The molecule has 3 nitrogen and oxygen atoms in total. The van der Waals surface area contributed by atoms with Gasteiger partial charge in [0.25, 0.3) is 0 Å². The van der Waals surface area contributed by atoms with Crippen LogP contribution < -0.4 is 0 Å². The van der Waals surface area contributed by atoms with Crippen LogP contribution in [0.5, 0.6) is 0 Å². The number of carbonyl (C=O) groups excluding carboxylic acids is 2. The van der Waals surface area contributed by atoms with E-state index < -0.39 is 0 Å². The molecule has 4 atom stereocenters. The van der Waals surface area contributed by atoms with Crippen molar-refractivity contribution in [3.63, 3.8) is 0 Å². The van der Waals surface area contributed by atoms with Crippen LogP contribution in [0.3, 0.4) is 0 Å². The fraction of sp³-hybridized carbons (Fsp3) is 0.667. The van der Waals surface area contributed by atoms with Gasteiger partial charge in [0.1, 0.15) is 0 Å². The van der Waals surface area contributed by atoms with Crippen LogP contribution in [0.2, 0.25) is 0 Å². The van der Waals surface area contributed by atoms with Gasteiger partial charge >= 0.3 is 11.9 Å². The number of esters is 2. The lowest BCUT2D eigenvalue weighted by Crippen LogP contribution is -2.16. The molecule has 1 rings (SSSR count). The van der Waals surface area contributed by atoms with Crippen LogP contribution in [0.15, 0.2) is 0 Å². The molecule has 0 amide bonds. The maximum atomic E-state index is 10.9. The summed E-state index contributed by atoms with van der Waals surface area (Å²) in [6.07, 6.45) is 0.265. The number of cyclic esters (lactones) is 2. The largest absolute Gasteiger partial charge is 0.393 e. The smallest absolute Gasteiger partial charge is 0.317 e. The third-order valence-electron chi connectivity index (χ3n) is 1.77. The SMILES string of the molecule is CC(PP)C1CC(=O)OC1=O. The number of hydrogen-bond acceptors (Lipinski definition) is 3. The van der Waals surface area contributed by atoms with Crippen molar-refractivity contribution in [2.75, 3.05) is 0 Å². The molecule has 0 aromatic heterocycles. The Kier molecular flexibility index (Phi) is 2.98. The molecule has 0 aromatic carbocycles. The topological polar surface area (TPSA) is 43.4 Å². The lowest BCUT2D eigenvalue weighted by Gasteiger charge is -2.10. The first kappa shape index (κ1) is 9.09. The first-order valence-corrected chi connectivity index (χ1v) is 6.24. The monoisotopic (exact) mass is 192 g/mol.